The number of halogens is 2. The standard InChI is InChI=1S/C20H15ClFN3O3S/c1-25(20(27)13-5-16-12(23-13)6-17(21)29-16)15-8-28-7-14-18(15)10-3-2-9(22)4-11(10)19(26)24-14/h2-6,15,23H,7-8H2,1H3,(H,24,26)/t15-/m0/s1. The van der Waals surface area contributed by atoms with Crippen LogP contribution in [-0.4, -0.2) is 34.4 Å². The van der Waals surface area contributed by atoms with E-state index < -0.39 is 11.9 Å². The summed E-state index contributed by atoms with van der Waals surface area (Å²) >= 11 is 7.40. The summed E-state index contributed by atoms with van der Waals surface area (Å²) in [5, 5.41) is 0.879. The first-order chi connectivity index (χ1) is 13.9. The van der Waals surface area contributed by atoms with E-state index in [2.05, 4.69) is 9.97 Å². The molecule has 0 radical (unpaired) electrons. The fourth-order valence-electron chi connectivity index (χ4n) is 3.87. The van der Waals surface area contributed by atoms with E-state index in [0.717, 1.165) is 15.8 Å². The van der Waals surface area contributed by atoms with E-state index in [9.17, 15) is 14.0 Å². The van der Waals surface area contributed by atoms with Crippen LogP contribution in [0.25, 0.3) is 21.0 Å². The van der Waals surface area contributed by atoms with Crippen LogP contribution in [-0.2, 0) is 11.3 Å². The molecule has 0 unspecified atom stereocenters. The van der Waals surface area contributed by atoms with Gasteiger partial charge in [-0.25, -0.2) is 4.39 Å². The minimum absolute atomic E-state index is 0.215. The maximum absolute atomic E-state index is 13.7. The number of carbonyl (C=O) groups excluding carboxylic acids is 1. The third-order valence-corrected chi connectivity index (χ3v) is 6.47. The number of rotatable bonds is 2. The van der Waals surface area contributed by atoms with Crippen molar-refractivity contribution in [2.75, 3.05) is 13.7 Å². The van der Waals surface area contributed by atoms with Crippen LogP contribution < -0.4 is 5.56 Å². The molecule has 1 aliphatic heterocycles. The maximum atomic E-state index is 13.7. The summed E-state index contributed by atoms with van der Waals surface area (Å²) in [6.07, 6.45) is 0. The van der Waals surface area contributed by atoms with Crippen LogP contribution in [0.5, 0.6) is 0 Å². The highest BCUT2D eigenvalue weighted by atomic mass is 35.5. The Balaban J connectivity index is 1.59. The Morgan fingerprint density at radius 3 is 2.90 bits per heavy atom. The third-order valence-electron chi connectivity index (χ3n) is 5.26. The number of pyridine rings is 1. The van der Waals surface area contributed by atoms with Gasteiger partial charge in [0.25, 0.3) is 11.5 Å². The van der Waals surface area contributed by atoms with Crippen LogP contribution in [0.4, 0.5) is 4.39 Å². The lowest BCUT2D eigenvalue weighted by Crippen LogP contribution is -2.37. The van der Waals surface area contributed by atoms with Crippen molar-refractivity contribution >= 4 is 49.8 Å². The number of aromatic nitrogens is 2. The molecule has 0 fully saturated rings. The molecule has 9 heteroatoms. The number of aromatic amines is 2. The molecule has 0 saturated heterocycles. The Bertz CT molecular complexity index is 1310. The zero-order chi connectivity index (χ0) is 20.3. The van der Waals surface area contributed by atoms with Crippen molar-refractivity contribution in [2.45, 2.75) is 12.6 Å². The Hall–Kier alpha value is -2.68. The molecule has 2 N–H and O–H groups in total. The van der Waals surface area contributed by atoms with Gasteiger partial charge in [-0.1, -0.05) is 17.7 Å². The number of nitrogens with zero attached hydrogens (tertiary/aromatic N) is 1. The third kappa shape index (κ3) is 2.95. The Morgan fingerprint density at radius 1 is 1.28 bits per heavy atom. The van der Waals surface area contributed by atoms with E-state index in [1.165, 1.54) is 23.5 Å². The van der Waals surface area contributed by atoms with Gasteiger partial charge in [0.2, 0.25) is 0 Å². The molecule has 148 valence electrons. The van der Waals surface area contributed by atoms with Crippen LogP contribution in [0.2, 0.25) is 4.34 Å². The Morgan fingerprint density at radius 2 is 2.10 bits per heavy atom. The molecule has 4 heterocycles. The molecule has 1 aliphatic rings. The van der Waals surface area contributed by atoms with E-state index in [1.807, 2.05) is 0 Å². The van der Waals surface area contributed by atoms with Crippen LogP contribution in [0.1, 0.15) is 27.8 Å². The van der Waals surface area contributed by atoms with Gasteiger partial charge >= 0.3 is 0 Å². The molecule has 1 amide bonds. The van der Waals surface area contributed by atoms with Gasteiger partial charge in [-0.2, -0.15) is 0 Å². The first-order valence-electron chi connectivity index (χ1n) is 8.89. The van der Waals surface area contributed by atoms with Gasteiger partial charge in [-0.3, -0.25) is 9.59 Å². The zero-order valence-electron chi connectivity index (χ0n) is 15.2. The quantitative estimate of drug-likeness (QED) is 0.499. The summed E-state index contributed by atoms with van der Waals surface area (Å²) in [5.74, 6) is -0.700. The smallest absolute Gasteiger partial charge is 0.270 e. The summed E-state index contributed by atoms with van der Waals surface area (Å²) in [4.78, 5) is 33.0. The van der Waals surface area contributed by atoms with Gasteiger partial charge in [0.1, 0.15) is 11.5 Å². The molecule has 0 saturated carbocycles. The predicted octanol–water partition coefficient (Wildman–Crippen LogP) is 4.21. The highest BCUT2D eigenvalue weighted by molar-refractivity contribution is 7.22. The van der Waals surface area contributed by atoms with Crippen molar-refractivity contribution in [3.63, 3.8) is 0 Å². The zero-order valence-corrected chi connectivity index (χ0v) is 16.8. The summed E-state index contributed by atoms with van der Waals surface area (Å²) in [6.45, 7) is 0.502. The number of hydrogen-bond donors (Lipinski definition) is 2. The van der Waals surface area contributed by atoms with E-state index in [4.69, 9.17) is 16.3 Å². The number of ether oxygens (including phenoxy) is 1. The molecule has 5 rings (SSSR count). The molecule has 0 aliphatic carbocycles. The lowest BCUT2D eigenvalue weighted by atomic mass is 9.95. The number of thiophene rings is 1. The van der Waals surface area contributed by atoms with Crippen molar-refractivity contribution in [1.29, 1.82) is 0 Å². The number of carbonyl (C=O) groups is 1. The van der Waals surface area contributed by atoms with Crippen LogP contribution in [0, 0.1) is 5.82 Å². The van der Waals surface area contributed by atoms with Gasteiger partial charge in [-0.15, -0.1) is 11.3 Å². The normalized spacial score (nSPS) is 16.3. The first-order valence-corrected chi connectivity index (χ1v) is 10.1. The summed E-state index contributed by atoms with van der Waals surface area (Å²) < 4.78 is 20.9. The number of likely N-dealkylation sites (N-methyl/N-ethyl adjacent to an activating group) is 1. The van der Waals surface area contributed by atoms with Crippen LogP contribution in [0.15, 0.2) is 35.1 Å². The monoisotopic (exact) mass is 431 g/mol. The van der Waals surface area contributed by atoms with Gasteiger partial charge in [0.15, 0.2) is 0 Å². The average molecular weight is 432 g/mol. The lowest BCUT2D eigenvalue weighted by Gasteiger charge is -2.33. The second-order valence-corrected chi connectivity index (χ2v) is 8.71. The SMILES string of the molecule is CN(C(=O)c1cc2sc(Cl)cc2[nH]1)[C@H]1COCc2[nH]c(=O)c3cc(F)ccc3c21. The minimum Gasteiger partial charge on any atom is -0.373 e. The number of fused-ring (bicyclic) bond motifs is 4. The van der Waals surface area contributed by atoms with E-state index >= 15 is 0 Å². The molecule has 1 aromatic carbocycles. The molecule has 0 bridgehead atoms. The van der Waals surface area contributed by atoms with Crippen molar-refractivity contribution < 1.29 is 13.9 Å². The number of H-pyrrole nitrogens is 2. The van der Waals surface area contributed by atoms with Crippen molar-refractivity contribution in [3.05, 3.63) is 67.8 Å². The second kappa shape index (κ2) is 6.69. The van der Waals surface area contributed by atoms with E-state index in [1.54, 1.807) is 30.1 Å². The van der Waals surface area contributed by atoms with Gasteiger partial charge in [0.05, 0.1) is 39.2 Å². The molecule has 29 heavy (non-hydrogen) atoms. The van der Waals surface area contributed by atoms with Gasteiger partial charge in [-0.05, 0) is 29.7 Å². The second-order valence-electron chi connectivity index (χ2n) is 6.99. The van der Waals surface area contributed by atoms with Crippen LogP contribution >= 0.6 is 22.9 Å². The fourth-order valence-corrected chi connectivity index (χ4v) is 5.01. The van der Waals surface area contributed by atoms with Crippen molar-refractivity contribution in [2.24, 2.45) is 0 Å². The summed E-state index contributed by atoms with van der Waals surface area (Å²) in [5.41, 5.74) is 2.25. The van der Waals surface area contributed by atoms with Crippen LogP contribution in [0.3, 0.4) is 0 Å². The molecule has 3 aromatic heterocycles. The Labute approximate surface area is 172 Å². The maximum Gasteiger partial charge on any atom is 0.270 e. The Kier molecular flexibility index (Phi) is 4.23. The molecular weight excluding hydrogens is 417 g/mol. The molecule has 0 spiro atoms. The largest absolute Gasteiger partial charge is 0.373 e. The topological polar surface area (TPSA) is 78.2 Å². The molecular formula is C20H15ClFN3O3S. The molecule has 1 atom stereocenters. The number of benzene rings is 1. The van der Waals surface area contributed by atoms with Gasteiger partial charge in [0, 0.05) is 18.3 Å². The van der Waals surface area contributed by atoms with E-state index in [-0.39, 0.29) is 30.1 Å². The van der Waals surface area contributed by atoms with Crippen molar-refractivity contribution in [1.82, 2.24) is 14.9 Å². The highest BCUT2D eigenvalue weighted by Crippen LogP contribution is 2.35. The number of nitrogens with one attached hydrogen (secondary N) is 2. The minimum atomic E-state index is -0.485. The average Bonchev–Trinajstić information content (AvgIpc) is 3.24. The first kappa shape index (κ1) is 18.4. The van der Waals surface area contributed by atoms with Crippen molar-refractivity contribution in [3.8, 4) is 0 Å². The van der Waals surface area contributed by atoms with E-state index in [0.29, 0.717) is 21.1 Å². The van der Waals surface area contributed by atoms with Gasteiger partial charge < -0.3 is 19.6 Å². The molecule has 6 nitrogen and oxygen atoms in total. The molecule has 4 aromatic rings. The number of amides is 1. The predicted molar refractivity (Wildman–Crippen MR) is 110 cm³/mol. The summed E-state index contributed by atoms with van der Waals surface area (Å²) in [6, 6.07) is 7.24. The summed E-state index contributed by atoms with van der Waals surface area (Å²) in [7, 11) is 1.69. The number of hydrogen-bond acceptors (Lipinski definition) is 4. The lowest BCUT2D eigenvalue weighted by molar-refractivity contribution is 0.0333. The fraction of sp³-hybridized carbons (Fsp3) is 0.200. The highest BCUT2D eigenvalue weighted by Gasteiger charge is 2.31.